The van der Waals surface area contributed by atoms with Crippen molar-refractivity contribution in [1.82, 2.24) is 10.3 Å². The fourth-order valence-corrected chi connectivity index (χ4v) is 4.74. The van der Waals surface area contributed by atoms with Gasteiger partial charge < -0.3 is 15.2 Å². The molecule has 2 aromatic rings. The lowest BCUT2D eigenvalue weighted by atomic mass is 9.83. The number of carbonyl (C=O) groups excluding carboxylic acids is 2. The summed E-state index contributed by atoms with van der Waals surface area (Å²) in [5.41, 5.74) is 2.67. The molecule has 2 aliphatic rings. The zero-order chi connectivity index (χ0) is 24.6. The van der Waals surface area contributed by atoms with Crippen molar-refractivity contribution >= 4 is 23.7 Å². The van der Waals surface area contributed by atoms with Crippen molar-refractivity contribution in [3.8, 4) is 0 Å². The summed E-state index contributed by atoms with van der Waals surface area (Å²) in [6, 6.07) is 17.3. The topological polar surface area (TPSA) is 108 Å². The molecule has 8 heteroatoms. The molecule has 35 heavy (non-hydrogen) atoms. The molecule has 1 aliphatic carbocycles. The van der Waals surface area contributed by atoms with Gasteiger partial charge in [0.15, 0.2) is 6.61 Å². The van der Waals surface area contributed by atoms with Crippen LogP contribution < -0.4 is 5.32 Å². The molecule has 1 unspecified atom stereocenters. The fraction of sp³-hybridized carbons (Fsp3) is 0.407. The lowest BCUT2D eigenvalue weighted by Crippen LogP contribution is -2.36. The summed E-state index contributed by atoms with van der Waals surface area (Å²) in [6.07, 6.45) is 4.70. The van der Waals surface area contributed by atoms with Crippen LogP contribution in [0.15, 0.2) is 59.7 Å². The smallest absolute Gasteiger partial charge is 0.303 e. The van der Waals surface area contributed by atoms with E-state index in [1.165, 1.54) is 5.01 Å². The summed E-state index contributed by atoms with van der Waals surface area (Å²) in [5.74, 6) is -0.680. The van der Waals surface area contributed by atoms with Gasteiger partial charge in [0.05, 0.1) is 12.5 Å². The standard InChI is InChI=1S/C27H31N3O5/c31-23-18-35-27(22-9-2-1-3-10-22)29-30(23)17-19-12-14-21(15-13-19)25(20-7-4-5-8-20)26(34)28-16-6-11-24(32)33/h1-3,9-10,12-15,20,25H,4-8,11,16-18H2,(H,28,34)(H,32,33). The van der Waals surface area contributed by atoms with E-state index in [1.54, 1.807) is 0 Å². The van der Waals surface area contributed by atoms with Crippen molar-refractivity contribution in [3.63, 3.8) is 0 Å². The van der Waals surface area contributed by atoms with Crippen LogP contribution in [-0.4, -0.2) is 46.9 Å². The zero-order valence-corrected chi connectivity index (χ0v) is 19.7. The monoisotopic (exact) mass is 477 g/mol. The van der Waals surface area contributed by atoms with E-state index in [-0.39, 0.29) is 36.7 Å². The van der Waals surface area contributed by atoms with Crippen LogP contribution in [0.2, 0.25) is 0 Å². The first-order chi connectivity index (χ1) is 17.0. The Morgan fingerprint density at radius 3 is 2.49 bits per heavy atom. The summed E-state index contributed by atoms with van der Waals surface area (Å²) < 4.78 is 5.51. The maximum absolute atomic E-state index is 13.0. The van der Waals surface area contributed by atoms with Gasteiger partial charge in [-0.05, 0) is 48.4 Å². The predicted octanol–water partition coefficient (Wildman–Crippen LogP) is 3.66. The maximum Gasteiger partial charge on any atom is 0.303 e. The number of carboxylic acid groups (broad SMARTS) is 1. The predicted molar refractivity (Wildman–Crippen MR) is 131 cm³/mol. The number of carboxylic acids is 1. The highest BCUT2D eigenvalue weighted by molar-refractivity contribution is 5.97. The van der Waals surface area contributed by atoms with Crippen LogP contribution in [0.25, 0.3) is 0 Å². The van der Waals surface area contributed by atoms with Gasteiger partial charge in [0.1, 0.15) is 0 Å². The average Bonchev–Trinajstić information content (AvgIpc) is 3.39. The number of nitrogens with zero attached hydrogens (tertiary/aromatic N) is 2. The molecule has 4 rings (SSSR count). The van der Waals surface area contributed by atoms with Crippen LogP contribution in [0.4, 0.5) is 0 Å². The van der Waals surface area contributed by atoms with E-state index >= 15 is 0 Å². The second-order valence-electron chi connectivity index (χ2n) is 9.06. The van der Waals surface area contributed by atoms with Crippen LogP contribution in [-0.2, 0) is 25.7 Å². The molecule has 0 aromatic heterocycles. The SMILES string of the molecule is O=C(O)CCCNC(=O)C(c1ccc(CN2N=C(c3ccccc3)OCC2=O)cc1)C1CCCC1. The Morgan fingerprint density at radius 2 is 1.80 bits per heavy atom. The molecular weight excluding hydrogens is 446 g/mol. The summed E-state index contributed by atoms with van der Waals surface area (Å²) in [7, 11) is 0. The Hall–Kier alpha value is -3.68. The van der Waals surface area contributed by atoms with Gasteiger partial charge >= 0.3 is 5.97 Å². The normalized spacial score (nSPS) is 17.0. The van der Waals surface area contributed by atoms with E-state index in [0.717, 1.165) is 42.4 Å². The lowest BCUT2D eigenvalue weighted by molar-refractivity contribution is -0.137. The molecule has 0 spiro atoms. The van der Waals surface area contributed by atoms with Crippen LogP contribution in [0, 0.1) is 5.92 Å². The number of hydrogen-bond acceptors (Lipinski definition) is 5. The number of benzene rings is 2. The molecule has 184 valence electrons. The van der Waals surface area contributed by atoms with E-state index in [1.807, 2.05) is 54.6 Å². The number of hydrazone groups is 1. The third-order valence-corrected chi connectivity index (χ3v) is 6.54. The van der Waals surface area contributed by atoms with Gasteiger partial charge in [0, 0.05) is 18.5 Å². The summed E-state index contributed by atoms with van der Waals surface area (Å²) in [4.78, 5) is 36.2. The Morgan fingerprint density at radius 1 is 1.09 bits per heavy atom. The average molecular weight is 478 g/mol. The van der Waals surface area contributed by atoms with Gasteiger partial charge in [0.2, 0.25) is 11.8 Å². The minimum atomic E-state index is -0.860. The second kappa shape index (κ2) is 11.6. The molecule has 2 N–H and O–H groups in total. The summed E-state index contributed by atoms with van der Waals surface area (Å²) in [5, 5.41) is 17.6. The van der Waals surface area contributed by atoms with Gasteiger partial charge in [0.25, 0.3) is 5.91 Å². The first kappa shape index (κ1) is 24.4. The van der Waals surface area contributed by atoms with Crippen molar-refractivity contribution in [2.45, 2.75) is 51.0 Å². The first-order valence-corrected chi connectivity index (χ1v) is 12.2. The molecule has 1 aliphatic heterocycles. The minimum Gasteiger partial charge on any atom is -0.481 e. The number of aliphatic carboxylic acids is 1. The summed E-state index contributed by atoms with van der Waals surface area (Å²) >= 11 is 0. The van der Waals surface area contributed by atoms with E-state index in [2.05, 4.69) is 10.4 Å². The highest BCUT2D eigenvalue weighted by Gasteiger charge is 2.32. The van der Waals surface area contributed by atoms with Crippen molar-refractivity contribution in [3.05, 3.63) is 71.3 Å². The highest BCUT2D eigenvalue weighted by Crippen LogP contribution is 2.37. The van der Waals surface area contributed by atoms with Crippen molar-refractivity contribution in [2.24, 2.45) is 11.0 Å². The second-order valence-corrected chi connectivity index (χ2v) is 9.06. The number of ether oxygens (including phenoxy) is 1. The van der Waals surface area contributed by atoms with Crippen molar-refractivity contribution in [1.29, 1.82) is 0 Å². The van der Waals surface area contributed by atoms with E-state index in [4.69, 9.17) is 9.84 Å². The molecular formula is C27H31N3O5. The molecule has 2 amide bonds. The molecule has 1 heterocycles. The molecule has 8 nitrogen and oxygen atoms in total. The number of rotatable bonds is 10. The number of nitrogens with one attached hydrogen (secondary N) is 1. The lowest BCUT2D eigenvalue weighted by Gasteiger charge is -2.25. The number of carbonyl (C=O) groups is 3. The molecule has 0 radical (unpaired) electrons. The van der Waals surface area contributed by atoms with Gasteiger partial charge in [-0.1, -0.05) is 55.3 Å². The number of amides is 2. The highest BCUT2D eigenvalue weighted by atomic mass is 16.5. The Balaban J connectivity index is 1.45. The van der Waals surface area contributed by atoms with Crippen molar-refractivity contribution in [2.75, 3.05) is 13.2 Å². The Kier molecular flexibility index (Phi) is 8.13. The zero-order valence-electron chi connectivity index (χ0n) is 19.7. The molecule has 0 saturated heterocycles. The number of hydrogen-bond donors (Lipinski definition) is 2. The maximum atomic E-state index is 13.0. The third kappa shape index (κ3) is 6.47. The van der Waals surface area contributed by atoms with Crippen LogP contribution in [0.3, 0.4) is 0 Å². The van der Waals surface area contributed by atoms with Crippen molar-refractivity contribution < 1.29 is 24.2 Å². The van der Waals surface area contributed by atoms with Gasteiger partial charge in [-0.3, -0.25) is 14.4 Å². The Bertz CT molecular complexity index is 1060. The first-order valence-electron chi connectivity index (χ1n) is 12.2. The largest absolute Gasteiger partial charge is 0.481 e. The molecule has 2 aromatic carbocycles. The Labute approximate surface area is 205 Å². The fourth-order valence-electron chi connectivity index (χ4n) is 4.74. The molecule has 0 bridgehead atoms. The van der Waals surface area contributed by atoms with Crippen LogP contribution in [0.1, 0.15) is 61.1 Å². The van der Waals surface area contributed by atoms with Gasteiger partial charge in [-0.25, -0.2) is 5.01 Å². The van der Waals surface area contributed by atoms with Gasteiger partial charge in [-0.15, -0.1) is 5.10 Å². The van der Waals surface area contributed by atoms with Crippen LogP contribution in [0.5, 0.6) is 0 Å². The molecule has 1 saturated carbocycles. The molecule has 1 fully saturated rings. The third-order valence-electron chi connectivity index (χ3n) is 6.54. The van der Waals surface area contributed by atoms with Gasteiger partial charge in [-0.2, -0.15) is 0 Å². The van der Waals surface area contributed by atoms with E-state index < -0.39 is 5.97 Å². The van der Waals surface area contributed by atoms with E-state index in [9.17, 15) is 14.4 Å². The molecule has 1 atom stereocenters. The quantitative estimate of drug-likeness (QED) is 0.508. The summed E-state index contributed by atoms with van der Waals surface area (Å²) in [6.45, 7) is 0.610. The minimum absolute atomic E-state index is 0.0395. The van der Waals surface area contributed by atoms with E-state index in [0.29, 0.717) is 25.4 Å². The van der Waals surface area contributed by atoms with Crippen LogP contribution >= 0.6 is 0 Å².